The summed E-state index contributed by atoms with van der Waals surface area (Å²) in [5.74, 6) is 0.185. The number of likely N-dealkylation sites (tertiary alicyclic amines) is 1. The van der Waals surface area contributed by atoms with Crippen LogP contribution in [-0.4, -0.2) is 36.9 Å². The molecule has 23 heavy (non-hydrogen) atoms. The molecule has 3 rings (SSSR count). The second-order valence-corrected chi connectivity index (χ2v) is 5.90. The van der Waals surface area contributed by atoms with Crippen molar-refractivity contribution in [2.75, 3.05) is 19.9 Å². The Balaban J connectivity index is 1.82. The van der Waals surface area contributed by atoms with E-state index in [2.05, 4.69) is 4.90 Å². The molecule has 1 aromatic rings. The summed E-state index contributed by atoms with van der Waals surface area (Å²) in [5, 5.41) is 0. The number of esters is 1. The lowest BCUT2D eigenvalue weighted by Crippen LogP contribution is -2.45. The van der Waals surface area contributed by atoms with Crippen LogP contribution in [0.1, 0.15) is 37.3 Å². The summed E-state index contributed by atoms with van der Waals surface area (Å²) in [6.45, 7) is 3.98. The molecule has 1 aromatic carbocycles. The average molecular weight is 323 g/mol. The lowest BCUT2D eigenvalue weighted by atomic mass is 10.00. The molecule has 1 fully saturated rings. The van der Waals surface area contributed by atoms with Gasteiger partial charge in [0.25, 0.3) is 0 Å². The van der Waals surface area contributed by atoms with Crippen LogP contribution in [0.5, 0.6) is 5.75 Å². The van der Waals surface area contributed by atoms with Crippen LogP contribution in [0.4, 0.5) is 4.39 Å². The third-order valence-electron chi connectivity index (χ3n) is 4.30. The Morgan fingerprint density at radius 1 is 1.43 bits per heavy atom. The van der Waals surface area contributed by atoms with Gasteiger partial charge in [0.05, 0.1) is 13.2 Å². The molecule has 0 amide bonds. The molecule has 2 heterocycles. The lowest BCUT2D eigenvalue weighted by Gasteiger charge is -2.34. The monoisotopic (exact) mass is 323 g/mol. The van der Waals surface area contributed by atoms with Crippen molar-refractivity contribution in [1.29, 1.82) is 0 Å². The van der Waals surface area contributed by atoms with Gasteiger partial charge in [-0.2, -0.15) is 0 Å². The predicted octanol–water partition coefficient (Wildman–Crippen LogP) is 2.61. The standard InChI is InChI=1S/C17H22FNO4/c1-2-22-17(20)15-5-3-4-6-19(15)9-12-7-14(18)8-13-10-21-11-23-16(12)13/h7-8,15H,2-6,9-11H2,1H3/t15-/m0/s1. The predicted molar refractivity (Wildman–Crippen MR) is 81.4 cm³/mol. The number of ether oxygens (including phenoxy) is 3. The van der Waals surface area contributed by atoms with Crippen LogP contribution < -0.4 is 4.74 Å². The van der Waals surface area contributed by atoms with E-state index in [-0.39, 0.29) is 24.6 Å². The largest absolute Gasteiger partial charge is 0.467 e. The molecule has 0 spiro atoms. The highest BCUT2D eigenvalue weighted by Crippen LogP contribution is 2.32. The second-order valence-electron chi connectivity index (χ2n) is 5.90. The van der Waals surface area contributed by atoms with Gasteiger partial charge < -0.3 is 14.2 Å². The van der Waals surface area contributed by atoms with E-state index in [0.717, 1.165) is 36.9 Å². The molecule has 0 radical (unpaired) electrons. The fourth-order valence-electron chi connectivity index (χ4n) is 3.28. The first-order valence-corrected chi connectivity index (χ1v) is 8.11. The van der Waals surface area contributed by atoms with Crippen molar-refractivity contribution >= 4 is 5.97 Å². The van der Waals surface area contributed by atoms with Crippen molar-refractivity contribution < 1.29 is 23.4 Å². The number of fused-ring (bicyclic) bond motifs is 1. The molecule has 0 bridgehead atoms. The smallest absolute Gasteiger partial charge is 0.323 e. The molecule has 6 heteroatoms. The Kier molecular flexibility index (Phi) is 5.13. The minimum atomic E-state index is -0.308. The van der Waals surface area contributed by atoms with Crippen molar-refractivity contribution in [2.45, 2.75) is 45.4 Å². The number of nitrogens with zero attached hydrogens (tertiary/aromatic N) is 1. The molecule has 1 atom stereocenters. The van der Waals surface area contributed by atoms with Crippen LogP contribution in [0, 0.1) is 5.82 Å². The number of halogens is 1. The van der Waals surface area contributed by atoms with E-state index in [4.69, 9.17) is 14.2 Å². The first kappa shape index (κ1) is 16.2. The quantitative estimate of drug-likeness (QED) is 0.797. The summed E-state index contributed by atoms with van der Waals surface area (Å²) in [5.41, 5.74) is 1.48. The molecule has 2 aliphatic heterocycles. The number of carbonyl (C=O) groups is 1. The van der Waals surface area contributed by atoms with Gasteiger partial charge in [0.15, 0.2) is 6.79 Å². The molecule has 0 saturated carbocycles. The van der Waals surface area contributed by atoms with E-state index in [1.54, 1.807) is 0 Å². The summed E-state index contributed by atoms with van der Waals surface area (Å²) >= 11 is 0. The summed E-state index contributed by atoms with van der Waals surface area (Å²) in [7, 11) is 0. The first-order valence-electron chi connectivity index (χ1n) is 8.11. The van der Waals surface area contributed by atoms with Gasteiger partial charge in [0, 0.05) is 17.7 Å². The summed E-state index contributed by atoms with van der Waals surface area (Å²) < 4.78 is 29.8. The van der Waals surface area contributed by atoms with E-state index in [0.29, 0.717) is 25.5 Å². The van der Waals surface area contributed by atoms with E-state index in [1.165, 1.54) is 12.1 Å². The zero-order chi connectivity index (χ0) is 16.2. The van der Waals surface area contributed by atoms with Crippen LogP contribution in [0.3, 0.4) is 0 Å². The fraction of sp³-hybridized carbons (Fsp3) is 0.588. The molecule has 2 aliphatic rings. The van der Waals surface area contributed by atoms with Gasteiger partial charge in [-0.1, -0.05) is 6.42 Å². The maximum Gasteiger partial charge on any atom is 0.323 e. The summed E-state index contributed by atoms with van der Waals surface area (Å²) in [4.78, 5) is 14.2. The SMILES string of the molecule is CCOC(=O)[C@@H]1CCCCN1Cc1cc(F)cc2c1OCOC2. The van der Waals surface area contributed by atoms with Crippen LogP contribution >= 0.6 is 0 Å². The number of rotatable bonds is 4. The third-order valence-corrected chi connectivity index (χ3v) is 4.30. The van der Waals surface area contributed by atoms with E-state index in [9.17, 15) is 9.18 Å². The second kappa shape index (κ2) is 7.27. The van der Waals surface area contributed by atoms with Crippen molar-refractivity contribution in [2.24, 2.45) is 0 Å². The Labute approximate surface area is 135 Å². The molecule has 0 unspecified atom stereocenters. The Morgan fingerprint density at radius 2 is 2.30 bits per heavy atom. The van der Waals surface area contributed by atoms with E-state index >= 15 is 0 Å². The maximum atomic E-state index is 13.9. The minimum Gasteiger partial charge on any atom is -0.467 e. The molecule has 5 nitrogen and oxygen atoms in total. The van der Waals surface area contributed by atoms with Gasteiger partial charge in [-0.3, -0.25) is 9.69 Å². The molecule has 0 aromatic heterocycles. The highest BCUT2D eigenvalue weighted by atomic mass is 19.1. The molecular formula is C17H22FNO4. The number of hydrogen-bond donors (Lipinski definition) is 0. The lowest BCUT2D eigenvalue weighted by molar-refractivity contribution is -0.151. The Morgan fingerprint density at radius 3 is 3.13 bits per heavy atom. The Hall–Kier alpha value is -1.66. The zero-order valence-corrected chi connectivity index (χ0v) is 13.3. The zero-order valence-electron chi connectivity index (χ0n) is 13.3. The molecule has 126 valence electrons. The highest BCUT2D eigenvalue weighted by molar-refractivity contribution is 5.75. The van der Waals surface area contributed by atoms with Gasteiger partial charge in [-0.25, -0.2) is 4.39 Å². The van der Waals surface area contributed by atoms with E-state index in [1.807, 2.05) is 6.92 Å². The molecule has 1 saturated heterocycles. The topological polar surface area (TPSA) is 48.0 Å². The van der Waals surface area contributed by atoms with Crippen LogP contribution in [0.25, 0.3) is 0 Å². The molecular weight excluding hydrogens is 301 g/mol. The fourth-order valence-corrected chi connectivity index (χ4v) is 3.28. The van der Waals surface area contributed by atoms with Crippen LogP contribution in [-0.2, 0) is 27.4 Å². The van der Waals surface area contributed by atoms with Gasteiger partial charge >= 0.3 is 5.97 Å². The van der Waals surface area contributed by atoms with Crippen LogP contribution in [0.15, 0.2) is 12.1 Å². The van der Waals surface area contributed by atoms with Gasteiger partial charge in [-0.05, 0) is 38.4 Å². The maximum absolute atomic E-state index is 13.9. The average Bonchev–Trinajstić information content (AvgIpc) is 2.55. The van der Waals surface area contributed by atoms with Crippen LogP contribution in [0.2, 0.25) is 0 Å². The summed E-state index contributed by atoms with van der Waals surface area (Å²) in [6.07, 6.45) is 2.81. The number of benzene rings is 1. The minimum absolute atomic E-state index is 0.174. The van der Waals surface area contributed by atoms with Gasteiger partial charge in [0.1, 0.15) is 17.6 Å². The number of hydrogen-bond acceptors (Lipinski definition) is 5. The highest BCUT2D eigenvalue weighted by Gasteiger charge is 2.31. The molecule has 0 N–H and O–H groups in total. The molecule has 0 aliphatic carbocycles. The van der Waals surface area contributed by atoms with Gasteiger partial charge in [-0.15, -0.1) is 0 Å². The Bertz CT molecular complexity index is 578. The van der Waals surface area contributed by atoms with Crippen molar-refractivity contribution in [3.63, 3.8) is 0 Å². The van der Waals surface area contributed by atoms with E-state index < -0.39 is 0 Å². The number of piperidine rings is 1. The summed E-state index contributed by atoms with van der Waals surface area (Å²) in [6, 6.07) is 2.67. The third kappa shape index (κ3) is 3.64. The first-order chi connectivity index (χ1) is 11.2. The van der Waals surface area contributed by atoms with Gasteiger partial charge in [0.2, 0.25) is 0 Å². The van der Waals surface area contributed by atoms with Crippen molar-refractivity contribution in [3.05, 3.63) is 29.1 Å². The van der Waals surface area contributed by atoms with Crippen molar-refractivity contribution in [3.8, 4) is 5.75 Å². The van der Waals surface area contributed by atoms with Crippen molar-refractivity contribution in [1.82, 2.24) is 4.90 Å². The number of carbonyl (C=O) groups excluding carboxylic acids is 1. The normalized spacial score (nSPS) is 21.4.